The fourth-order valence-corrected chi connectivity index (χ4v) is 12.1. The zero-order valence-electron chi connectivity index (χ0n) is 40.7. The zero-order valence-corrected chi connectivity index (χ0v) is 40.7. The second-order valence-electron chi connectivity index (χ2n) is 20.2. The van der Waals surface area contributed by atoms with E-state index < -0.39 is 0 Å². The number of nitrogens with zero attached hydrogens (tertiary/aromatic N) is 2. The predicted octanol–water partition coefficient (Wildman–Crippen LogP) is 19.4. The molecule has 0 amide bonds. The molecule has 0 atom stereocenters. The number of aryl methyl sites for hydroxylation is 2. The topological polar surface area (TPSA) is 6.48 Å². The van der Waals surface area contributed by atoms with Gasteiger partial charge in [-0.2, -0.15) is 0 Å². The van der Waals surface area contributed by atoms with E-state index in [-0.39, 0.29) is 5.41 Å². The van der Waals surface area contributed by atoms with Crippen molar-refractivity contribution in [3.63, 3.8) is 0 Å². The third-order valence-corrected chi connectivity index (χ3v) is 15.3. The van der Waals surface area contributed by atoms with Gasteiger partial charge in [0.25, 0.3) is 0 Å². The third-order valence-electron chi connectivity index (χ3n) is 15.3. The van der Waals surface area contributed by atoms with Crippen LogP contribution in [0.3, 0.4) is 0 Å². The molecule has 340 valence electrons. The number of anilines is 6. The molecule has 0 aliphatic heterocycles. The first-order valence-corrected chi connectivity index (χ1v) is 25.1. The van der Waals surface area contributed by atoms with Gasteiger partial charge in [-0.3, -0.25) is 0 Å². The Morgan fingerprint density at radius 1 is 0.366 bits per heavy atom. The summed E-state index contributed by atoms with van der Waals surface area (Å²) in [5.41, 5.74) is 20.1. The lowest BCUT2D eigenvalue weighted by Gasteiger charge is -2.30. The summed E-state index contributed by atoms with van der Waals surface area (Å²) in [6, 6.07) is 83.5. The molecule has 0 unspecified atom stereocenters. The lowest BCUT2D eigenvalue weighted by atomic mass is 9.76. The van der Waals surface area contributed by atoms with Crippen LogP contribution in [0.5, 0.6) is 0 Å². The molecule has 11 aromatic rings. The van der Waals surface area contributed by atoms with Crippen LogP contribution in [0.4, 0.5) is 34.1 Å². The van der Waals surface area contributed by atoms with Gasteiger partial charge in [0.1, 0.15) is 0 Å². The Labute approximate surface area is 417 Å². The van der Waals surface area contributed by atoms with Gasteiger partial charge in [0, 0.05) is 39.5 Å². The summed E-state index contributed by atoms with van der Waals surface area (Å²) < 4.78 is 0. The van der Waals surface area contributed by atoms with E-state index in [2.05, 4.69) is 268 Å². The molecule has 2 nitrogen and oxygen atoms in total. The molecule has 13 rings (SSSR count). The molecular weight excluding hydrogens is 857 g/mol. The van der Waals surface area contributed by atoms with Crippen LogP contribution in [0.15, 0.2) is 236 Å². The van der Waals surface area contributed by atoms with Crippen molar-refractivity contribution in [2.24, 2.45) is 0 Å². The normalized spacial score (nSPS) is 13.9. The smallest absolute Gasteiger partial charge is 0.0468 e. The van der Waals surface area contributed by atoms with Crippen molar-refractivity contribution in [3.05, 3.63) is 264 Å². The summed E-state index contributed by atoms with van der Waals surface area (Å²) in [4.78, 5) is 4.87. The highest BCUT2D eigenvalue weighted by Crippen LogP contribution is 2.55. The van der Waals surface area contributed by atoms with Crippen molar-refractivity contribution in [1.82, 2.24) is 0 Å². The first-order chi connectivity index (χ1) is 34.8. The first kappa shape index (κ1) is 42.6. The van der Waals surface area contributed by atoms with Crippen LogP contribution in [-0.4, -0.2) is 0 Å². The Hall–Kier alpha value is -8.46. The van der Waals surface area contributed by atoms with Crippen molar-refractivity contribution >= 4 is 88.4 Å². The quantitative estimate of drug-likeness (QED) is 0.140. The van der Waals surface area contributed by atoms with E-state index in [0.717, 1.165) is 47.0 Å². The molecule has 2 heteroatoms. The summed E-state index contributed by atoms with van der Waals surface area (Å²) in [5, 5.41) is 9.91. The van der Waals surface area contributed by atoms with E-state index >= 15 is 0 Å². The van der Waals surface area contributed by atoms with E-state index in [4.69, 9.17) is 0 Å². The summed E-state index contributed by atoms with van der Waals surface area (Å²) in [6.07, 6.45) is 4.54. The Balaban J connectivity index is 1.12. The maximum absolute atomic E-state index is 2.59. The minimum absolute atomic E-state index is 0.114. The Morgan fingerprint density at radius 2 is 0.831 bits per heavy atom. The number of fused-ring (bicyclic) bond motifs is 6. The number of rotatable bonds is 8. The maximum atomic E-state index is 2.59. The highest BCUT2D eigenvalue weighted by molar-refractivity contribution is 6.21. The van der Waals surface area contributed by atoms with Gasteiger partial charge in [0.15, 0.2) is 0 Å². The average molecular weight is 911 g/mol. The van der Waals surface area contributed by atoms with Gasteiger partial charge in [0.05, 0.1) is 0 Å². The molecule has 0 saturated heterocycles. The molecule has 2 aliphatic carbocycles. The Kier molecular flexibility index (Phi) is 10.1. The summed E-state index contributed by atoms with van der Waals surface area (Å²) in [5.74, 6) is 0. The van der Waals surface area contributed by atoms with Gasteiger partial charge in [-0.05, 0) is 187 Å². The Morgan fingerprint density at radius 3 is 1.41 bits per heavy atom. The van der Waals surface area contributed by atoms with Crippen LogP contribution in [-0.2, 0) is 5.41 Å². The molecule has 0 N–H and O–H groups in total. The Bertz CT molecular complexity index is 3970. The van der Waals surface area contributed by atoms with Crippen LogP contribution in [0, 0.1) is 13.8 Å². The minimum Gasteiger partial charge on any atom is -0.310 e. The molecule has 0 bridgehead atoms. The van der Waals surface area contributed by atoms with Crippen molar-refractivity contribution < 1.29 is 0 Å². The molecule has 0 radical (unpaired) electrons. The van der Waals surface area contributed by atoms with E-state index in [0.29, 0.717) is 0 Å². The number of benzene rings is 11. The van der Waals surface area contributed by atoms with Crippen molar-refractivity contribution in [2.45, 2.75) is 46.0 Å². The van der Waals surface area contributed by atoms with Crippen LogP contribution >= 0.6 is 0 Å². The molecule has 0 fully saturated rings. The van der Waals surface area contributed by atoms with Crippen LogP contribution in [0.2, 0.25) is 0 Å². The molecule has 0 heterocycles. The molecule has 2 aliphatic rings. The zero-order chi connectivity index (χ0) is 47.8. The molecular formula is C69H54N2. The van der Waals surface area contributed by atoms with Gasteiger partial charge < -0.3 is 9.80 Å². The molecule has 71 heavy (non-hydrogen) atoms. The van der Waals surface area contributed by atoms with Crippen molar-refractivity contribution in [2.75, 3.05) is 9.80 Å². The van der Waals surface area contributed by atoms with Crippen LogP contribution in [0.1, 0.15) is 54.5 Å². The lowest BCUT2D eigenvalue weighted by molar-refractivity contribution is 0.652. The number of para-hydroxylation sites is 2. The van der Waals surface area contributed by atoms with E-state index in [1.807, 2.05) is 0 Å². The third kappa shape index (κ3) is 7.24. The lowest BCUT2D eigenvalue weighted by Crippen LogP contribution is -2.17. The van der Waals surface area contributed by atoms with Crippen LogP contribution < -0.4 is 9.80 Å². The minimum atomic E-state index is -0.114. The van der Waals surface area contributed by atoms with Crippen LogP contribution in [0.25, 0.3) is 65.4 Å². The van der Waals surface area contributed by atoms with Gasteiger partial charge >= 0.3 is 0 Å². The standard InChI is InChI=1S/C69H54N2/c1-45-37-46(2)39-52(38-45)68-62-36-33-57(70(53-21-7-5-8-22-53)55-30-27-47-17-11-13-19-49(47)40-55)43-63(62)67(51-29-34-60-59-25-15-16-26-65(59)69(3,4)66(60)42-51)61-35-32-58(44-64(61)68)71(54-23-9-6-10-24-54)56-31-28-48-18-12-14-20-50(48)41-56/h5-28,30-33,35-44H,29,34H2,1-4H3. The maximum Gasteiger partial charge on any atom is 0.0468 e. The average Bonchev–Trinajstić information content (AvgIpc) is 3.63. The van der Waals surface area contributed by atoms with Gasteiger partial charge in [0.2, 0.25) is 0 Å². The number of allylic oxidation sites excluding steroid dienone is 4. The molecule has 11 aromatic carbocycles. The van der Waals surface area contributed by atoms with Crippen molar-refractivity contribution in [3.8, 4) is 11.1 Å². The summed E-state index contributed by atoms with van der Waals surface area (Å²) in [7, 11) is 0. The second-order valence-corrected chi connectivity index (χ2v) is 20.2. The fourth-order valence-electron chi connectivity index (χ4n) is 12.1. The highest BCUT2D eigenvalue weighted by Gasteiger charge is 2.38. The summed E-state index contributed by atoms with van der Waals surface area (Å²) >= 11 is 0. The number of hydrogen-bond donors (Lipinski definition) is 0. The molecule has 0 saturated carbocycles. The van der Waals surface area contributed by atoms with E-state index in [1.54, 1.807) is 0 Å². The monoisotopic (exact) mass is 910 g/mol. The summed E-state index contributed by atoms with van der Waals surface area (Å²) in [6.45, 7) is 9.31. The molecule has 0 spiro atoms. The predicted molar refractivity (Wildman–Crippen MR) is 304 cm³/mol. The largest absolute Gasteiger partial charge is 0.310 e. The van der Waals surface area contributed by atoms with E-state index in [9.17, 15) is 0 Å². The van der Waals surface area contributed by atoms with Gasteiger partial charge in [-0.1, -0.05) is 183 Å². The van der Waals surface area contributed by atoms with Crippen molar-refractivity contribution in [1.29, 1.82) is 0 Å². The highest BCUT2D eigenvalue weighted by atomic mass is 15.1. The fraction of sp³-hybridized carbons (Fsp3) is 0.101. The SMILES string of the molecule is Cc1cc(C)cc(-c2c3ccc(N(c4ccccc4)c4ccc5ccccc5c4)cc3c(C3=CC4=C(CC3)c3ccccc3C4(C)C)c3ccc(N(c4ccccc4)c4ccc5ccccc5c4)cc23)c1. The first-order valence-electron chi connectivity index (χ1n) is 25.1. The second kappa shape index (κ2) is 16.9. The molecule has 0 aromatic heterocycles. The van der Waals surface area contributed by atoms with Gasteiger partial charge in [-0.25, -0.2) is 0 Å². The van der Waals surface area contributed by atoms with E-state index in [1.165, 1.54) is 98.8 Å². The van der Waals surface area contributed by atoms with Gasteiger partial charge in [-0.15, -0.1) is 0 Å². The number of hydrogen-bond acceptors (Lipinski definition) is 2.